The Bertz CT molecular complexity index is 871. The van der Waals surface area contributed by atoms with Gasteiger partial charge in [-0.3, -0.25) is 0 Å². The average Bonchev–Trinajstić information content (AvgIpc) is 2.55. The molecule has 1 aromatic heterocycles. The number of halogens is 1. The lowest BCUT2D eigenvalue weighted by atomic mass is 10.0. The van der Waals surface area contributed by atoms with Crippen LogP contribution in [0.2, 0.25) is 5.15 Å². The molecule has 5 heteroatoms. The van der Waals surface area contributed by atoms with E-state index in [-0.39, 0.29) is 0 Å². The van der Waals surface area contributed by atoms with Crippen molar-refractivity contribution in [2.75, 3.05) is 7.11 Å². The minimum Gasteiger partial charge on any atom is -0.496 e. The maximum Gasteiger partial charge on any atom is 0.159 e. The summed E-state index contributed by atoms with van der Waals surface area (Å²) in [4.78, 5) is 0. The molecule has 0 unspecified atom stereocenters. The van der Waals surface area contributed by atoms with Crippen molar-refractivity contribution in [3.63, 3.8) is 0 Å². The highest BCUT2D eigenvalue weighted by molar-refractivity contribution is 6.34. The number of fused-ring (bicyclic) bond motifs is 1. The van der Waals surface area contributed by atoms with Crippen LogP contribution in [0.3, 0.4) is 0 Å². The maximum absolute atomic E-state index is 9.08. The first-order valence-electron chi connectivity index (χ1n) is 6.24. The molecule has 0 amide bonds. The highest BCUT2D eigenvalue weighted by Crippen LogP contribution is 2.35. The van der Waals surface area contributed by atoms with Crippen molar-refractivity contribution < 1.29 is 4.74 Å². The molecule has 0 saturated carbocycles. The largest absolute Gasteiger partial charge is 0.496 e. The van der Waals surface area contributed by atoms with E-state index in [1.807, 2.05) is 24.3 Å². The molecule has 0 aliphatic rings. The highest BCUT2D eigenvalue weighted by atomic mass is 35.5. The van der Waals surface area contributed by atoms with E-state index in [1.165, 1.54) is 0 Å². The quantitative estimate of drug-likeness (QED) is 0.721. The van der Waals surface area contributed by atoms with E-state index in [9.17, 15) is 0 Å². The molecule has 0 N–H and O–H groups in total. The minimum absolute atomic E-state index is 0.352. The Kier molecular flexibility index (Phi) is 3.43. The van der Waals surface area contributed by atoms with E-state index in [1.54, 1.807) is 25.3 Å². The number of ether oxygens (including phenoxy) is 1. The third-order valence-corrected chi connectivity index (χ3v) is 3.51. The van der Waals surface area contributed by atoms with Crippen LogP contribution in [0.5, 0.6) is 5.75 Å². The summed E-state index contributed by atoms with van der Waals surface area (Å²) in [6.07, 6.45) is 0. The molecule has 21 heavy (non-hydrogen) atoms. The maximum atomic E-state index is 9.08. The van der Waals surface area contributed by atoms with Gasteiger partial charge in [0.2, 0.25) is 0 Å². The summed E-state index contributed by atoms with van der Waals surface area (Å²) in [5, 5.41) is 19.3. The lowest BCUT2D eigenvalue weighted by molar-refractivity contribution is 0.416. The van der Waals surface area contributed by atoms with E-state index >= 15 is 0 Å². The molecule has 0 bridgehead atoms. The third kappa shape index (κ3) is 2.28. The predicted molar refractivity (Wildman–Crippen MR) is 81.3 cm³/mol. The van der Waals surface area contributed by atoms with Crippen LogP contribution in [0.1, 0.15) is 5.56 Å². The van der Waals surface area contributed by atoms with Gasteiger partial charge in [-0.1, -0.05) is 35.9 Å². The first-order chi connectivity index (χ1) is 10.2. The minimum atomic E-state index is 0.352. The summed E-state index contributed by atoms with van der Waals surface area (Å²) < 4.78 is 5.37. The Hall–Kier alpha value is -2.64. The molecule has 0 aliphatic carbocycles. The van der Waals surface area contributed by atoms with Gasteiger partial charge in [-0.2, -0.15) is 5.26 Å². The van der Waals surface area contributed by atoms with Crippen LogP contribution in [0.15, 0.2) is 42.5 Å². The van der Waals surface area contributed by atoms with Gasteiger partial charge in [0.05, 0.1) is 18.7 Å². The zero-order chi connectivity index (χ0) is 14.8. The van der Waals surface area contributed by atoms with E-state index in [4.69, 9.17) is 21.6 Å². The van der Waals surface area contributed by atoms with Crippen LogP contribution in [0.25, 0.3) is 22.0 Å². The fraction of sp³-hybridized carbons (Fsp3) is 0.0625. The van der Waals surface area contributed by atoms with Crippen molar-refractivity contribution in [2.45, 2.75) is 0 Å². The van der Waals surface area contributed by atoms with Crippen LogP contribution < -0.4 is 4.74 Å². The number of rotatable bonds is 2. The van der Waals surface area contributed by atoms with Gasteiger partial charge >= 0.3 is 0 Å². The van der Waals surface area contributed by atoms with Gasteiger partial charge in [0.1, 0.15) is 11.4 Å². The van der Waals surface area contributed by atoms with Gasteiger partial charge in [0.15, 0.2) is 5.15 Å². The lowest BCUT2D eigenvalue weighted by Gasteiger charge is -2.10. The van der Waals surface area contributed by atoms with E-state index in [0.717, 1.165) is 16.3 Å². The molecule has 0 radical (unpaired) electrons. The summed E-state index contributed by atoms with van der Waals surface area (Å²) in [6.45, 7) is 0. The standard InChI is InChI=1S/C16H10ClN3O/c1-21-14-7-6-10(9-18)8-13(14)15-11-4-2-3-5-12(11)16(17)20-19-15/h2-8H,1H3. The zero-order valence-electron chi connectivity index (χ0n) is 11.2. The number of hydrogen-bond acceptors (Lipinski definition) is 4. The third-order valence-electron chi connectivity index (χ3n) is 3.23. The van der Waals surface area contributed by atoms with Gasteiger partial charge in [0, 0.05) is 16.3 Å². The van der Waals surface area contributed by atoms with Crippen molar-refractivity contribution in [3.8, 4) is 23.1 Å². The van der Waals surface area contributed by atoms with Crippen molar-refractivity contribution >= 4 is 22.4 Å². The SMILES string of the molecule is COc1ccc(C#N)cc1-c1nnc(Cl)c2ccccc12. The number of nitrogens with zero attached hydrogens (tertiary/aromatic N) is 3. The van der Waals surface area contributed by atoms with Gasteiger partial charge in [0.25, 0.3) is 0 Å². The summed E-state index contributed by atoms with van der Waals surface area (Å²) in [5.74, 6) is 0.635. The molecule has 1 heterocycles. The van der Waals surface area contributed by atoms with Crippen LogP contribution >= 0.6 is 11.6 Å². The van der Waals surface area contributed by atoms with Gasteiger partial charge < -0.3 is 4.74 Å². The first kappa shape index (κ1) is 13.3. The molecule has 3 aromatic rings. The smallest absolute Gasteiger partial charge is 0.159 e. The van der Waals surface area contributed by atoms with Crippen molar-refractivity contribution in [3.05, 3.63) is 53.2 Å². The molecule has 4 nitrogen and oxygen atoms in total. The molecule has 0 aliphatic heterocycles. The predicted octanol–water partition coefficient (Wildman–Crippen LogP) is 3.83. The van der Waals surface area contributed by atoms with Crippen LogP contribution in [0, 0.1) is 11.3 Å². The molecule has 0 saturated heterocycles. The number of methoxy groups -OCH3 is 1. The second-order valence-corrected chi connectivity index (χ2v) is 4.77. The molecule has 3 rings (SSSR count). The lowest BCUT2D eigenvalue weighted by Crippen LogP contribution is -1.95. The van der Waals surface area contributed by atoms with Gasteiger partial charge in [-0.25, -0.2) is 0 Å². The summed E-state index contributed by atoms with van der Waals surface area (Å²) >= 11 is 6.09. The normalized spacial score (nSPS) is 10.3. The summed E-state index contributed by atoms with van der Waals surface area (Å²) in [5.41, 5.74) is 1.90. The Labute approximate surface area is 126 Å². The van der Waals surface area contributed by atoms with Gasteiger partial charge in [-0.05, 0) is 18.2 Å². The van der Waals surface area contributed by atoms with Crippen molar-refractivity contribution in [1.29, 1.82) is 5.26 Å². The fourth-order valence-electron chi connectivity index (χ4n) is 2.23. The summed E-state index contributed by atoms with van der Waals surface area (Å²) in [6, 6.07) is 14.9. The topological polar surface area (TPSA) is 58.8 Å². The average molecular weight is 296 g/mol. The second-order valence-electron chi connectivity index (χ2n) is 4.41. The number of aromatic nitrogens is 2. The van der Waals surface area contributed by atoms with Crippen LogP contribution in [0.4, 0.5) is 0 Å². The van der Waals surface area contributed by atoms with Crippen molar-refractivity contribution in [1.82, 2.24) is 10.2 Å². The number of hydrogen-bond donors (Lipinski definition) is 0. The molecule has 0 atom stereocenters. The van der Waals surface area contributed by atoms with E-state index in [0.29, 0.717) is 22.2 Å². The Morgan fingerprint density at radius 1 is 1.10 bits per heavy atom. The van der Waals surface area contributed by atoms with E-state index in [2.05, 4.69) is 16.3 Å². The van der Waals surface area contributed by atoms with Crippen LogP contribution in [-0.2, 0) is 0 Å². The van der Waals surface area contributed by atoms with Crippen LogP contribution in [-0.4, -0.2) is 17.3 Å². The monoisotopic (exact) mass is 295 g/mol. The molecule has 0 fully saturated rings. The first-order valence-corrected chi connectivity index (χ1v) is 6.62. The zero-order valence-corrected chi connectivity index (χ0v) is 11.9. The fourth-order valence-corrected chi connectivity index (χ4v) is 2.44. The molecule has 102 valence electrons. The van der Waals surface area contributed by atoms with Gasteiger partial charge in [-0.15, -0.1) is 10.2 Å². The Morgan fingerprint density at radius 3 is 2.57 bits per heavy atom. The molecular weight excluding hydrogens is 286 g/mol. The Morgan fingerprint density at radius 2 is 1.86 bits per heavy atom. The molecule has 2 aromatic carbocycles. The number of benzene rings is 2. The highest BCUT2D eigenvalue weighted by Gasteiger charge is 2.14. The summed E-state index contributed by atoms with van der Waals surface area (Å²) in [7, 11) is 1.58. The molecule has 0 spiro atoms. The van der Waals surface area contributed by atoms with E-state index < -0.39 is 0 Å². The Balaban J connectivity index is 2.36. The molecular formula is C16H10ClN3O. The van der Waals surface area contributed by atoms with Crippen molar-refractivity contribution in [2.24, 2.45) is 0 Å². The number of nitriles is 1. The second kappa shape index (κ2) is 5.39.